The first kappa shape index (κ1) is 21.4. The molecular formula is C22H21F4N7. The molecule has 4 aromatic rings. The minimum Gasteiger partial charge on any atom is -0.356 e. The standard InChI is InChI=1S/C22H21F4N7/c1-12-18-19(31-30-12)27-11-28-21(18)33-7-5-13(6-8-33)20-29-17(10-32(20)2)14-3-4-16(23)15(9-14)22(24,25)26/h3-4,9-11,13H,5-8H2,1-2H3,(H,27,28,30,31). The van der Waals surface area contributed by atoms with Crippen LogP contribution in [0.4, 0.5) is 23.4 Å². The summed E-state index contributed by atoms with van der Waals surface area (Å²) in [4.78, 5) is 15.5. The average molecular weight is 459 g/mol. The molecule has 0 aliphatic carbocycles. The molecule has 5 rings (SSSR count). The molecule has 0 saturated carbocycles. The average Bonchev–Trinajstić information content (AvgIpc) is 3.36. The smallest absolute Gasteiger partial charge is 0.356 e. The van der Waals surface area contributed by atoms with Gasteiger partial charge in [0.15, 0.2) is 5.65 Å². The van der Waals surface area contributed by atoms with Crippen molar-refractivity contribution in [2.24, 2.45) is 7.05 Å². The van der Waals surface area contributed by atoms with Gasteiger partial charge in [-0.15, -0.1) is 0 Å². The summed E-state index contributed by atoms with van der Waals surface area (Å²) in [7, 11) is 1.83. The second-order valence-electron chi connectivity index (χ2n) is 8.28. The predicted octanol–water partition coefficient (Wildman–Crippen LogP) is 4.60. The highest BCUT2D eigenvalue weighted by atomic mass is 19.4. The Morgan fingerprint density at radius 2 is 1.88 bits per heavy atom. The number of nitrogens with one attached hydrogen (secondary N) is 1. The number of aromatic amines is 1. The Bertz CT molecular complexity index is 1320. The van der Waals surface area contributed by atoms with Gasteiger partial charge in [0.2, 0.25) is 0 Å². The minimum absolute atomic E-state index is 0.144. The molecule has 0 atom stereocenters. The number of piperidine rings is 1. The Hall–Kier alpha value is -3.50. The van der Waals surface area contributed by atoms with E-state index in [-0.39, 0.29) is 11.5 Å². The second-order valence-corrected chi connectivity index (χ2v) is 8.28. The molecular weight excluding hydrogens is 438 g/mol. The molecule has 0 spiro atoms. The molecule has 1 fully saturated rings. The van der Waals surface area contributed by atoms with Crippen LogP contribution in [0, 0.1) is 12.7 Å². The molecule has 33 heavy (non-hydrogen) atoms. The molecule has 1 aliphatic heterocycles. The number of benzene rings is 1. The summed E-state index contributed by atoms with van der Waals surface area (Å²) in [5.41, 5.74) is 0.889. The fraction of sp³-hybridized carbons (Fsp3) is 0.364. The van der Waals surface area contributed by atoms with Crippen LogP contribution in [0.1, 0.15) is 35.8 Å². The van der Waals surface area contributed by atoms with E-state index in [1.807, 2.05) is 18.5 Å². The normalized spacial score (nSPS) is 15.5. The summed E-state index contributed by atoms with van der Waals surface area (Å²) >= 11 is 0. The summed E-state index contributed by atoms with van der Waals surface area (Å²) in [5.74, 6) is 0.498. The van der Waals surface area contributed by atoms with Crippen molar-refractivity contribution in [1.29, 1.82) is 0 Å². The van der Waals surface area contributed by atoms with Gasteiger partial charge in [0, 0.05) is 37.8 Å². The van der Waals surface area contributed by atoms with Crippen LogP contribution in [-0.2, 0) is 13.2 Å². The molecule has 0 bridgehead atoms. The summed E-state index contributed by atoms with van der Waals surface area (Å²) in [5, 5.41) is 8.04. The van der Waals surface area contributed by atoms with Crippen molar-refractivity contribution in [1.82, 2.24) is 29.7 Å². The summed E-state index contributed by atoms with van der Waals surface area (Å²) in [6.45, 7) is 3.41. The van der Waals surface area contributed by atoms with E-state index in [0.29, 0.717) is 11.3 Å². The Kier molecular flexibility index (Phi) is 5.06. The highest BCUT2D eigenvalue weighted by Gasteiger charge is 2.34. The van der Waals surface area contributed by atoms with Crippen molar-refractivity contribution in [2.45, 2.75) is 31.9 Å². The molecule has 0 radical (unpaired) electrons. The number of hydrogen-bond acceptors (Lipinski definition) is 5. The molecule has 1 N–H and O–H groups in total. The number of hydrogen-bond donors (Lipinski definition) is 1. The van der Waals surface area contributed by atoms with E-state index in [2.05, 4.69) is 30.0 Å². The van der Waals surface area contributed by atoms with E-state index >= 15 is 0 Å². The number of aromatic nitrogens is 6. The molecule has 3 aromatic heterocycles. The highest BCUT2D eigenvalue weighted by molar-refractivity contribution is 5.89. The maximum Gasteiger partial charge on any atom is 0.419 e. The number of H-pyrrole nitrogens is 1. The van der Waals surface area contributed by atoms with Crippen LogP contribution in [-0.4, -0.2) is 42.8 Å². The molecule has 1 aliphatic rings. The zero-order valence-electron chi connectivity index (χ0n) is 18.0. The number of nitrogens with zero attached hydrogens (tertiary/aromatic N) is 6. The van der Waals surface area contributed by atoms with Gasteiger partial charge in [-0.05, 0) is 38.0 Å². The zero-order valence-corrected chi connectivity index (χ0v) is 18.0. The van der Waals surface area contributed by atoms with Crippen molar-refractivity contribution in [2.75, 3.05) is 18.0 Å². The SMILES string of the molecule is Cc1n[nH]c2ncnc(N3CCC(c4nc(-c5ccc(F)c(C(F)(F)F)c5)cn4C)CC3)c12. The van der Waals surface area contributed by atoms with Gasteiger partial charge in [0.1, 0.15) is 23.8 Å². The Labute approximate surface area is 186 Å². The van der Waals surface area contributed by atoms with Gasteiger partial charge in [-0.25, -0.2) is 19.3 Å². The van der Waals surface area contributed by atoms with Gasteiger partial charge in [0.05, 0.1) is 22.3 Å². The van der Waals surface area contributed by atoms with E-state index in [4.69, 9.17) is 0 Å². The maximum absolute atomic E-state index is 13.7. The highest BCUT2D eigenvalue weighted by Crippen LogP contribution is 2.36. The zero-order chi connectivity index (χ0) is 23.3. The molecule has 7 nitrogen and oxygen atoms in total. The predicted molar refractivity (Wildman–Crippen MR) is 114 cm³/mol. The third kappa shape index (κ3) is 3.81. The lowest BCUT2D eigenvalue weighted by Gasteiger charge is -2.32. The fourth-order valence-electron chi connectivity index (χ4n) is 4.48. The number of imidazole rings is 1. The van der Waals surface area contributed by atoms with Crippen molar-refractivity contribution >= 4 is 16.9 Å². The first-order valence-corrected chi connectivity index (χ1v) is 10.5. The largest absolute Gasteiger partial charge is 0.419 e. The molecule has 172 valence electrons. The molecule has 0 unspecified atom stereocenters. The lowest BCUT2D eigenvalue weighted by Crippen LogP contribution is -2.34. The number of aryl methyl sites for hydroxylation is 2. The number of alkyl halides is 3. The number of halogens is 4. The monoisotopic (exact) mass is 459 g/mol. The van der Waals surface area contributed by atoms with Gasteiger partial charge in [-0.2, -0.15) is 18.3 Å². The van der Waals surface area contributed by atoms with Crippen molar-refractivity contribution in [3.8, 4) is 11.3 Å². The topological polar surface area (TPSA) is 75.5 Å². The maximum atomic E-state index is 13.7. The van der Waals surface area contributed by atoms with E-state index in [0.717, 1.165) is 60.8 Å². The summed E-state index contributed by atoms with van der Waals surface area (Å²) in [6, 6.07) is 2.98. The molecule has 0 amide bonds. The van der Waals surface area contributed by atoms with Crippen LogP contribution in [0.2, 0.25) is 0 Å². The number of rotatable bonds is 3. The molecule has 4 heterocycles. The van der Waals surface area contributed by atoms with Gasteiger partial charge in [-0.1, -0.05) is 0 Å². The van der Waals surface area contributed by atoms with E-state index < -0.39 is 17.6 Å². The third-order valence-corrected chi connectivity index (χ3v) is 6.16. The van der Waals surface area contributed by atoms with Crippen molar-refractivity contribution in [3.63, 3.8) is 0 Å². The molecule has 1 aromatic carbocycles. The van der Waals surface area contributed by atoms with E-state index in [1.165, 1.54) is 12.4 Å². The Morgan fingerprint density at radius 1 is 1.12 bits per heavy atom. The van der Waals surface area contributed by atoms with Gasteiger partial charge < -0.3 is 9.47 Å². The summed E-state index contributed by atoms with van der Waals surface area (Å²) < 4.78 is 54.9. The van der Waals surface area contributed by atoms with Crippen LogP contribution >= 0.6 is 0 Å². The fourth-order valence-corrected chi connectivity index (χ4v) is 4.48. The van der Waals surface area contributed by atoms with Gasteiger partial charge in [0.25, 0.3) is 0 Å². The van der Waals surface area contributed by atoms with Crippen LogP contribution in [0.3, 0.4) is 0 Å². The van der Waals surface area contributed by atoms with Crippen molar-refractivity contribution < 1.29 is 17.6 Å². The van der Waals surface area contributed by atoms with Crippen LogP contribution in [0.15, 0.2) is 30.7 Å². The number of fused-ring (bicyclic) bond motifs is 1. The number of anilines is 1. The Morgan fingerprint density at radius 3 is 2.61 bits per heavy atom. The van der Waals surface area contributed by atoms with Gasteiger partial charge >= 0.3 is 6.18 Å². The minimum atomic E-state index is -4.76. The second kappa shape index (κ2) is 7.82. The van der Waals surface area contributed by atoms with Crippen molar-refractivity contribution in [3.05, 3.63) is 53.6 Å². The quantitative estimate of drug-likeness (QED) is 0.453. The van der Waals surface area contributed by atoms with Crippen LogP contribution in [0.25, 0.3) is 22.3 Å². The lowest BCUT2D eigenvalue weighted by molar-refractivity contribution is -0.139. The van der Waals surface area contributed by atoms with E-state index in [9.17, 15) is 17.6 Å². The molecule has 1 saturated heterocycles. The Balaban J connectivity index is 1.37. The summed E-state index contributed by atoms with van der Waals surface area (Å²) in [6.07, 6.45) is 0.0697. The van der Waals surface area contributed by atoms with Gasteiger partial charge in [-0.3, -0.25) is 5.10 Å². The van der Waals surface area contributed by atoms with E-state index in [1.54, 1.807) is 6.20 Å². The third-order valence-electron chi connectivity index (χ3n) is 6.16. The first-order valence-electron chi connectivity index (χ1n) is 10.5. The molecule has 11 heteroatoms. The van der Waals surface area contributed by atoms with Crippen LogP contribution in [0.5, 0.6) is 0 Å². The van der Waals surface area contributed by atoms with Crippen LogP contribution < -0.4 is 4.90 Å². The lowest BCUT2D eigenvalue weighted by atomic mass is 9.95. The first-order chi connectivity index (χ1) is 15.7.